The zero-order valence-corrected chi connectivity index (χ0v) is 17.4. The molecule has 0 bridgehead atoms. The molecule has 0 aliphatic heterocycles. The fraction of sp³-hybridized carbons (Fsp3) is 0.381. The number of nitrogens with one attached hydrogen (secondary N) is 2. The summed E-state index contributed by atoms with van der Waals surface area (Å²) in [6.45, 7) is 6.49. The van der Waals surface area contributed by atoms with Crippen molar-refractivity contribution in [1.29, 1.82) is 0 Å². The maximum absolute atomic E-state index is 12.3. The van der Waals surface area contributed by atoms with Crippen molar-refractivity contribution >= 4 is 15.9 Å². The topological polar surface area (TPSA) is 84.5 Å². The van der Waals surface area contributed by atoms with Gasteiger partial charge in [0.1, 0.15) is 5.75 Å². The molecular formula is C21H28N2O4S. The number of carbonyl (C=O) groups is 1. The number of hydrogen-bond acceptors (Lipinski definition) is 4. The van der Waals surface area contributed by atoms with E-state index in [1.165, 1.54) is 0 Å². The summed E-state index contributed by atoms with van der Waals surface area (Å²) in [6.07, 6.45) is 0.921. The second-order valence-corrected chi connectivity index (χ2v) is 8.47. The van der Waals surface area contributed by atoms with Crippen LogP contribution in [0.3, 0.4) is 0 Å². The van der Waals surface area contributed by atoms with Crippen molar-refractivity contribution in [2.75, 3.05) is 19.7 Å². The van der Waals surface area contributed by atoms with E-state index in [-0.39, 0.29) is 23.9 Å². The van der Waals surface area contributed by atoms with Crippen LogP contribution in [-0.2, 0) is 14.8 Å². The number of sulfonamides is 1. The molecule has 0 fully saturated rings. The van der Waals surface area contributed by atoms with Crippen molar-refractivity contribution in [2.24, 2.45) is 0 Å². The molecule has 28 heavy (non-hydrogen) atoms. The molecule has 0 radical (unpaired) electrons. The average molecular weight is 405 g/mol. The van der Waals surface area contributed by atoms with Gasteiger partial charge in [-0.15, -0.1) is 0 Å². The molecule has 0 atom stereocenters. The first-order valence-corrected chi connectivity index (χ1v) is 10.8. The Morgan fingerprint density at radius 2 is 1.75 bits per heavy atom. The van der Waals surface area contributed by atoms with Gasteiger partial charge < -0.3 is 10.1 Å². The maximum Gasteiger partial charge on any atom is 0.240 e. The number of ether oxygens (including phenoxy) is 1. The first kappa shape index (κ1) is 21.9. The van der Waals surface area contributed by atoms with E-state index < -0.39 is 10.0 Å². The SMILES string of the molecule is Cc1ccc(S(=O)(=O)NCCNC(=O)CCCOc2ccccc2C)c(C)c1. The summed E-state index contributed by atoms with van der Waals surface area (Å²) in [6, 6.07) is 12.9. The molecule has 0 heterocycles. The van der Waals surface area contributed by atoms with Crippen LogP contribution in [0.25, 0.3) is 0 Å². The van der Waals surface area contributed by atoms with Gasteiger partial charge in [-0.25, -0.2) is 13.1 Å². The van der Waals surface area contributed by atoms with Crippen molar-refractivity contribution in [2.45, 2.75) is 38.5 Å². The largest absolute Gasteiger partial charge is 0.493 e. The average Bonchev–Trinajstić information content (AvgIpc) is 2.63. The van der Waals surface area contributed by atoms with Crippen LogP contribution in [0, 0.1) is 20.8 Å². The van der Waals surface area contributed by atoms with E-state index >= 15 is 0 Å². The Labute approximate surface area is 167 Å². The van der Waals surface area contributed by atoms with Crippen LogP contribution >= 0.6 is 0 Å². The van der Waals surface area contributed by atoms with Crippen molar-refractivity contribution in [1.82, 2.24) is 10.0 Å². The Balaban J connectivity index is 1.66. The lowest BCUT2D eigenvalue weighted by molar-refractivity contribution is -0.121. The summed E-state index contributed by atoms with van der Waals surface area (Å²) in [5.41, 5.74) is 2.77. The van der Waals surface area contributed by atoms with Gasteiger partial charge in [-0.3, -0.25) is 4.79 Å². The van der Waals surface area contributed by atoms with Gasteiger partial charge in [-0.05, 0) is 50.5 Å². The van der Waals surface area contributed by atoms with Gasteiger partial charge in [-0.2, -0.15) is 0 Å². The van der Waals surface area contributed by atoms with Crippen LogP contribution in [0.1, 0.15) is 29.5 Å². The van der Waals surface area contributed by atoms with Crippen LogP contribution in [0.2, 0.25) is 0 Å². The first-order valence-electron chi connectivity index (χ1n) is 9.31. The third-order valence-corrected chi connectivity index (χ3v) is 5.88. The Morgan fingerprint density at radius 3 is 2.46 bits per heavy atom. The fourth-order valence-corrected chi connectivity index (χ4v) is 4.04. The standard InChI is InChI=1S/C21H28N2O4S/c1-16-10-11-20(18(3)15-16)28(25,26)23-13-12-22-21(24)9-6-14-27-19-8-5-4-7-17(19)2/h4-5,7-8,10-11,15,23H,6,9,12-14H2,1-3H3,(H,22,24). The minimum atomic E-state index is -3.58. The van der Waals surface area contributed by atoms with Gasteiger partial charge in [0.25, 0.3) is 0 Å². The number of carbonyl (C=O) groups excluding carboxylic acids is 1. The van der Waals surface area contributed by atoms with Crippen molar-refractivity contribution in [3.8, 4) is 5.75 Å². The highest BCUT2D eigenvalue weighted by Gasteiger charge is 2.16. The fourth-order valence-electron chi connectivity index (χ4n) is 2.79. The predicted octanol–water partition coefficient (Wildman–Crippen LogP) is 2.87. The molecule has 2 rings (SSSR count). The second-order valence-electron chi connectivity index (χ2n) is 6.73. The van der Waals surface area contributed by atoms with E-state index in [9.17, 15) is 13.2 Å². The van der Waals surface area contributed by atoms with Gasteiger partial charge in [0.05, 0.1) is 11.5 Å². The summed E-state index contributed by atoms with van der Waals surface area (Å²) < 4.78 is 32.9. The van der Waals surface area contributed by atoms with Gasteiger partial charge in [0.15, 0.2) is 0 Å². The van der Waals surface area contributed by atoms with E-state index in [2.05, 4.69) is 10.0 Å². The van der Waals surface area contributed by atoms with E-state index in [1.54, 1.807) is 19.1 Å². The van der Waals surface area contributed by atoms with Crippen LogP contribution in [0.4, 0.5) is 0 Å². The smallest absolute Gasteiger partial charge is 0.240 e. The Morgan fingerprint density at radius 1 is 1.00 bits per heavy atom. The number of benzene rings is 2. The van der Waals surface area contributed by atoms with Gasteiger partial charge in [0, 0.05) is 19.5 Å². The maximum atomic E-state index is 12.3. The van der Waals surface area contributed by atoms with E-state index in [0.29, 0.717) is 25.0 Å². The van der Waals surface area contributed by atoms with Crippen molar-refractivity contribution < 1.29 is 17.9 Å². The third-order valence-electron chi connectivity index (χ3n) is 4.26. The molecule has 0 aliphatic rings. The summed E-state index contributed by atoms with van der Waals surface area (Å²) in [7, 11) is -3.58. The van der Waals surface area contributed by atoms with Crippen molar-refractivity contribution in [3.05, 3.63) is 59.2 Å². The Bertz CT molecular complexity index is 910. The van der Waals surface area contributed by atoms with E-state index in [1.807, 2.05) is 44.2 Å². The quantitative estimate of drug-likeness (QED) is 0.597. The summed E-state index contributed by atoms with van der Waals surface area (Å²) in [5, 5.41) is 2.72. The molecule has 2 aromatic carbocycles. The minimum absolute atomic E-state index is 0.126. The highest BCUT2D eigenvalue weighted by atomic mass is 32.2. The second kappa shape index (κ2) is 10.2. The molecule has 152 valence electrons. The molecule has 0 unspecified atom stereocenters. The first-order chi connectivity index (χ1) is 13.3. The molecule has 7 heteroatoms. The highest BCUT2D eigenvalue weighted by molar-refractivity contribution is 7.89. The lowest BCUT2D eigenvalue weighted by Crippen LogP contribution is -2.35. The van der Waals surface area contributed by atoms with Crippen molar-refractivity contribution in [3.63, 3.8) is 0 Å². The minimum Gasteiger partial charge on any atom is -0.493 e. The molecule has 0 aliphatic carbocycles. The summed E-state index contributed by atoms with van der Waals surface area (Å²) >= 11 is 0. The molecule has 0 spiro atoms. The van der Waals surface area contributed by atoms with E-state index in [4.69, 9.17) is 4.74 Å². The van der Waals surface area contributed by atoms with Gasteiger partial charge >= 0.3 is 0 Å². The van der Waals surface area contributed by atoms with Gasteiger partial charge in [-0.1, -0.05) is 35.9 Å². The van der Waals surface area contributed by atoms with Gasteiger partial charge in [0.2, 0.25) is 15.9 Å². The molecule has 0 saturated heterocycles. The molecular weight excluding hydrogens is 376 g/mol. The van der Waals surface area contributed by atoms with Crippen LogP contribution < -0.4 is 14.8 Å². The number of amides is 1. The lowest BCUT2D eigenvalue weighted by Gasteiger charge is -2.11. The molecule has 2 aromatic rings. The van der Waals surface area contributed by atoms with Crippen LogP contribution in [0.15, 0.2) is 47.4 Å². The molecule has 1 amide bonds. The monoisotopic (exact) mass is 404 g/mol. The summed E-state index contributed by atoms with van der Waals surface area (Å²) in [5.74, 6) is 0.697. The third kappa shape index (κ3) is 6.65. The lowest BCUT2D eigenvalue weighted by atomic mass is 10.2. The van der Waals surface area contributed by atoms with E-state index in [0.717, 1.165) is 16.9 Å². The number of rotatable bonds is 10. The van der Waals surface area contributed by atoms with Crippen LogP contribution in [-0.4, -0.2) is 34.0 Å². The zero-order chi connectivity index (χ0) is 20.6. The number of para-hydroxylation sites is 1. The number of aryl methyl sites for hydroxylation is 3. The molecule has 0 saturated carbocycles. The predicted molar refractivity (Wildman–Crippen MR) is 110 cm³/mol. The number of hydrogen-bond donors (Lipinski definition) is 2. The normalized spacial score (nSPS) is 11.2. The Hall–Kier alpha value is -2.38. The molecule has 0 aromatic heterocycles. The highest BCUT2D eigenvalue weighted by Crippen LogP contribution is 2.17. The zero-order valence-electron chi connectivity index (χ0n) is 16.6. The summed E-state index contributed by atoms with van der Waals surface area (Å²) in [4.78, 5) is 12.1. The Kier molecular flexibility index (Phi) is 8.02. The molecule has 6 nitrogen and oxygen atoms in total. The van der Waals surface area contributed by atoms with Crippen LogP contribution in [0.5, 0.6) is 5.75 Å². The molecule has 2 N–H and O–H groups in total.